The number of allylic oxidation sites excluding steroid dienone is 2. The molecule has 5 heterocycles. The predicted molar refractivity (Wildman–Crippen MR) is 146 cm³/mol. The molecular weight excluding hydrogens is 538 g/mol. The van der Waals surface area contributed by atoms with Gasteiger partial charge >= 0.3 is 0 Å². The maximum atomic E-state index is 9.03. The average Bonchev–Trinajstić information content (AvgIpc) is 3.73. The summed E-state index contributed by atoms with van der Waals surface area (Å²) in [6.07, 6.45) is 3.60. The zero-order valence-electron chi connectivity index (χ0n) is 19.9. The van der Waals surface area contributed by atoms with E-state index in [9.17, 15) is 0 Å². The number of rotatable bonds is 6. The maximum absolute atomic E-state index is 9.03. The van der Waals surface area contributed by atoms with Crippen LogP contribution in [0.3, 0.4) is 0 Å². The number of nitrogens with zero attached hydrogens (tertiary/aromatic N) is 5. The standard InChI is InChI=1S/C28H16ClN5O2S2/c1-2-34-20(22-5-6-23(35-22)27-10-19(29)26(38-27)8-17(14-32)15-33)3-4-21(34)24-11-28-25(36-24)9-18(37-28)7-16(12-30)13-31/h3-10,24H,2,11H2,1H3. The summed E-state index contributed by atoms with van der Waals surface area (Å²) in [4.78, 5) is 3.32. The van der Waals surface area contributed by atoms with Crippen molar-refractivity contribution in [3.05, 3.63) is 72.9 Å². The second-order valence-corrected chi connectivity index (χ2v) is 10.8. The van der Waals surface area contributed by atoms with Crippen LogP contribution in [-0.4, -0.2) is 4.57 Å². The Morgan fingerprint density at radius 3 is 2.39 bits per heavy atom. The maximum Gasteiger partial charge on any atom is 0.151 e. The highest BCUT2D eigenvalue weighted by atomic mass is 35.5. The van der Waals surface area contributed by atoms with Gasteiger partial charge in [0.2, 0.25) is 0 Å². The van der Waals surface area contributed by atoms with Crippen LogP contribution >= 0.6 is 34.3 Å². The fourth-order valence-corrected chi connectivity index (χ4v) is 6.64. The molecule has 1 aliphatic heterocycles. The van der Waals surface area contributed by atoms with E-state index >= 15 is 0 Å². The Morgan fingerprint density at radius 1 is 1.00 bits per heavy atom. The van der Waals surface area contributed by atoms with Crippen LogP contribution in [0, 0.1) is 45.3 Å². The lowest BCUT2D eigenvalue weighted by molar-refractivity contribution is 0.228. The van der Waals surface area contributed by atoms with E-state index in [1.54, 1.807) is 12.1 Å². The summed E-state index contributed by atoms with van der Waals surface area (Å²) >= 11 is 9.21. The van der Waals surface area contributed by atoms with E-state index in [0.29, 0.717) is 34.4 Å². The van der Waals surface area contributed by atoms with E-state index in [0.717, 1.165) is 31.8 Å². The number of hydrogen-bond acceptors (Lipinski definition) is 8. The van der Waals surface area contributed by atoms with E-state index in [2.05, 4.69) is 11.5 Å². The first-order valence-electron chi connectivity index (χ1n) is 11.4. The van der Waals surface area contributed by atoms with Crippen molar-refractivity contribution in [2.24, 2.45) is 0 Å². The Balaban J connectivity index is 1.39. The fraction of sp³-hybridized carbons (Fsp3) is 0.143. The summed E-state index contributed by atoms with van der Waals surface area (Å²) in [6, 6.07) is 18.9. The third-order valence-electron chi connectivity index (χ3n) is 5.95. The SMILES string of the molecule is CCn1c(-c2ccc(-c3cc(Cl)c(C=C(C#N)C#N)s3)o2)ccc1C1Cc2sc(C=C(C#N)C#N)cc2O1. The topological polar surface area (TPSA) is 122 Å². The zero-order valence-corrected chi connectivity index (χ0v) is 22.2. The first kappa shape index (κ1) is 25.2. The zero-order chi connectivity index (χ0) is 26.8. The molecule has 7 nitrogen and oxygen atoms in total. The summed E-state index contributed by atoms with van der Waals surface area (Å²) in [5.41, 5.74) is 2.00. The normalized spacial score (nSPS) is 13.4. The molecule has 10 heteroatoms. The molecule has 1 aliphatic rings. The number of halogens is 1. The van der Waals surface area contributed by atoms with E-state index in [1.165, 1.54) is 28.7 Å². The van der Waals surface area contributed by atoms with Gasteiger partial charge in [-0.25, -0.2) is 0 Å². The van der Waals surface area contributed by atoms with Gasteiger partial charge in [0, 0.05) is 22.7 Å². The number of furan rings is 1. The van der Waals surface area contributed by atoms with Gasteiger partial charge in [-0.05, 0) is 55.5 Å². The van der Waals surface area contributed by atoms with E-state index in [4.69, 9.17) is 41.8 Å². The molecule has 4 aromatic heterocycles. The monoisotopic (exact) mass is 553 g/mol. The highest BCUT2D eigenvalue weighted by molar-refractivity contribution is 7.17. The largest absolute Gasteiger partial charge is 0.483 e. The van der Waals surface area contributed by atoms with Crippen LogP contribution in [0.5, 0.6) is 5.75 Å². The Hall–Kier alpha value is -4.51. The van der Waals surface area contributed by atoms with Crippen LogP contribution in [0.25, 0.3) is 34.2 Å². The van der Waals surface area contributed by atoms with Crippen molar-refractivity contribution < 1.29 is 9.15 Å². The number of ether oxygens (including phenoxy) is 1. The average molecular weight is 554 g/mol. The van der Waals surface area contributed by atoms with Crippen molar-refractivity contribution in [1.29, 1.82) is 21.0 Å². The number of thiophene rings is 2. The molecule has 4 aromatic rings. The number of aromatic nitrogens is 1. The van der Waals surface area contributed by atoms with Gasteiger partial charge in [0.25, 0.3) is 0 Å². The highest BCUT2D eigenvalue weighted by Crippen LogP contribution is 2.44. The Bertz CT molecular complexity index is 1730. The van der Waals surface area contributed by atoms with Crippen molar-refractivity contribution in [3.8, 4) is 52.1 Å². The molecule has 5 rings (SSSR count). The van der Waals surface area contributed by atoms with Crippen molar-refractivity contribution in [2.75, 3.05) is 0 Å². The van der Waals surface area contributed by atoms with Crippen molar-refractivity contribution in [2.45, 2.75) is 26.0 Å². The van der Waals surface area contributed by atoms with Crippen LogP contribution in [0.4, 0.5) is 0 Å². The highest BCUT2D eigenvalue weighted by Gasteiger charge is 2.30. The van der Waals surface area contributed by atoms with Crippen LogP contribution in [0.15, 0.2) is 52.0 Å². The molecule has 38 heavy (non-hydrogen) atoms. The second kappa shape index (κ2) is 10.5. The molecule has 1 unspecified atom stereocenters. The Kier molecular flexibility index (Phi) is 6.93. The lowest BCUT2D eigenvalue weighted by Crippen LogP contribution is -2.11. The van der Waals surface area contributed by atoms with Gasteiger partial charge < -0.3 is 13.7 Å². The molecule has 0 aliphatic carbocycles. The van der Waals surface area contributed by atoms with Crippen LogP contribution in [-0.2, 0) is 13.0 Å². The minimum atomic E-state index is -0.149. The van der Waals surface area contributed by atoms with Crippen molar-refractivity contribution >= 4 is 46.4 Å². The molecule has 0 radical (unpaired) electrons. The van der Waals surface area contributed by atoms with Crippen molar-refractivity contribution in [1.82, 2.24) is 4.57 Å². The van der Waals surface area contributed by atoms with Gasteiger partial charge in [0.1, 0.15) is 53.0 Å². The van der Waals surface area contributed by atoms with Gasteiger partial charge in [-0.2, -0.15) is 21.0 Å². The summed E-state index contributed by atoms with van der Waals surface area (Å²) in [5, 5.41) is 36.5. The van der Waals surface area contributed by atoms with E-state index < -0.39 is 0 Å². The van der Waals surface area contributed by atoms with Gasteiger partial charge in [-0.15, -0.1) is 22.7 Å². The van der Waals surface area contributed by atoms with Gasteiger partial charge in [0.15, 0.2) is 5.76 Å². The van der Waals surface area contributed by atoms with Gasteiger partial charge in [-0.1, -0.05) is 11.6 Å². The molecule has 0 saturated heterocycles. The number of hydrogen-bond donors (Lipinski definition) is 0. The minimum absolute atomic E-state index is 0.0148. The summed E-state index contributed by atoms with van der Waals surface area (Å²) in [5.74, 6) is 2.12. The predicted octanol–water partition coefficient (Wildman–Crippen LogP) is 7.75. The lowest BCUT2D eigenvalue weighted by atomic mass is 10.2. The summed E-state index contributed by atoms with van der Waals surface area (Å²) in [6.45, 7) is 2.78. The smallest absolute Gasteiger partial charge is 0.151 e. The molecular formula is C28H16ClN5O2S2. The van der Waals surface area contributed by atoms with Gasteiger partial charge in [0.05, 0.1) is 26.2 Å². The molecule has 0 amide bonds. The Labute approximate surface area is 231 Å². The fourth-order valence-electron chi connectivity index (χ4n) is 4.27. The summed E-state index contributed by atoms with van der Waals surface area (Å²) < 4.78 is 14.6. The number of nitriles is 4. The molecule has 0 spiro atoms. The Morgan fingerprint density at radius 2 is 1.71 bits per heavy atom. The minimum Gasteiger partial charge on any atom is -0.483 e. The number of fused-ring (bicyclic) bond motifs is 1. The molecule has 1 atom stereocenters. The van der Waals surface area contributed by atoms with Crippen molar-refractivity contribution in [3.63, 3.8) is 0 Å². The molecule has 0 N–H and O–H groups in total. The van der Waals surface area contributed by atoms with Gasteiger partial charge in [-0.3, -0.25) is 0 Å². The quantitative estimate of drug-likeness (QED) is 0.225. The third-order valence-corrected chi connectivity index (χ3v) is 8.56. The molecule has 0 saturated carbocycles. The molecule has 0 fully saturated rings. The molecule has 0 aromatic carbocycles. The van der Waals surface area contributed by atoms with E-state index in [-0.39, 0.29) is 17.3 Å². The lowest BCUT2D eigenvalue weighted by Gasteiger charge is -2.15. The van der Waals surface area contributed by atoms with E-state index in [1.807, 2.05) is 54.6 Å². The first-order valence-corrected chi connectivity index (χ1v) is 13.4. The summed E-state index contributed by atoms with van der Waals surface area (Å²) in [7, 11) is 0. The van der Waals surface area contributed by atoms with Crippen LogP contribution in [0.2, 0.25) is 5.02 Å². The van der Waals surface area contributed by atoms with Crippen LogP contribution in [0.1, 0.15) is 33.4 Å². The molecule has 184 valence electrons. The van der Waals surface area contributed by atoms with Crippen LogP contribution < -0.4 is 4.74 Å². The second-order valence-electron chi connectivity index (χ2n) is 8.18. The first-order chi connectivity index (χ1) is 18.5. The third kappa shape index (κ3) is 4.63. The molecule has 0 bridgehead atoms.